The average molecular weight is 343 g/mol. The third-order valence-corrected chi connectivity index (χ3v) is 4.82. The lowest BCUT2D eigenvalue weighted by atomic mass is 9.99. The Morgan fingerprint density at radius 1 is 1.20 bits per heavy atom. The first kappa shape index (κ1) is 17.2. The lowest BCUT2D eigenvalue weighted by Gasteiger charge is -2.31. The summed E-state index contributed by atoms with van der Waals surface area (Å²) >= 11 is 0. The van der Waals surface area contributed by atoms with Crippen LogP contribution < -0.4 is 9.80 Å². The van der Waals surface area contributed by atoms with Gasteiger partial charge in [0.05, 0.1) is 16.7 Å². The molecule has 2 aromatic carbocycles. The minimum Gasteiger partial charge on any atom is -0.370 e. The maximum atomic E-state index is 14.5. The van der Waals surface area contributed by atoms with E-state index in [0.717, 1.165) is 18.1 Å². The predicted molar refractivity (Wildman–Crippen MR) is 97.8 cm³/mol. The summed E-state index contributed by atoms with van der Waals surface area (Å²) in [5, 5.41) is 11.5. The highest BCUT2D eigenvalue weighted by molar-refractivity contribution is 5.71. The fourth-order valence-corrected chi connectivity index (χ4v) is 3.45. The van der Waals surface area contributed by atoms with Crippen molar-refractivity contribution in [3.05, 3.63) is 63.5 Å². The van der Waals surface area contributed by atoms with Gasteiger partial charge in [0.2, 0.25) is 0 Å². The summed E-state index contributed by atoms with van der Waals surface area (Å²) in [5.41, 5.74) is 3.17. The normalized spacial score (nSPS) is 13.5. The zero-order valence-electron chi connectivity index (χ0n) is 14.5. The van der Waals surface area contributed by atoms with Crippen LogP contribution in [0.5, 0.6) is 0 Å². The van der Waals surface area contributed by atoms with Crippen LogP contribution in [0.4, 0.5) is 21.5 Å². The van der Waals surface area contributed by atoms with Crippen molar-refractivity contribution < 1.29 is 9.31 Å². The van der Waals surface area contributed by atoms with Crippen molar-refractivity contribution in [2.45, 2.75) is 26.8 Å². The SMILES string of the molecule is CCN(CC)c1cc(N2CCc3ccccc3C2)c([N+](=O)[O-])cc1F. The Labute approximate surface area is 146 Å². The van der Waals surface area contributed by atoms with Crippen molar-refractivity contribution in [2.75, 3.05) is 29.4 Å². The second kappa shape index (κ2) is 7.09. The van der Waals surface area contributed by atoms with Crippen LogP contribution in [0.3, 0.4) is 0 Å². The number of nitro benzene ring substituents is 1. The van der Waals surface area contributed by atoms with E-state index in [-0.39, 0.29) is 5.69 Å². The molecule has 3 rings (SSSR count). The Bertz CT molecular complexity index is 790. The molecule has 0 aliphatic carbocycles. The van der Waals surface area contributed by atoms with E-state index in [2.05, 4.69) is 6.07 Å². The van der Waals surface area contributed by atoms with E-state index in [9.17, 15) is 14.5 Å². The van der Waals surface area contributed by atoms with Gasteiger partial charge < -0.3 is 9.80 Å². The Balaban J connectivity index is 2.05. The Hall–Kier alpha value is -2.63. The number of nitrogens with zero attached hydrogens (tertiary/aromatic N) is 3. The zero-order chi connectivity index (χ0) is 18.0. The summed E-state index contributed by atoms with van der Waals surface area (Å²) in [7, 11) is 0. The average Bonchev–Trinajstić information content (AvgIpc) is 2.63. The molecule has 1 aliphatic rings. The standard InChI is InChI=1S/C19H22FN3O2/c1-3-21(4-2)17-12-18(19(23(24)25)11-16(17)20)22-10-9-14-7-5-6-8-15(14)13-22/h5-8,11-12H,3-4,9-10,13H2,1-2H3. The van der Waals surface area contributed by atoms with Gasteiger partial charge in [0, 0.05) is 26.2 Å². The van der Waals surface area contributed by atoms with Crippen molar-refractivity contribution in [2.24, 2.45) is 0 Å². The molecular weight excluding hydrogens is 321 g/mol. The van der Waals surface area contributed by atoms with Crippen LogP contribution in [0.1, 0.15) is 25.0 Å². The van der Waals surface area contributed by atoms with Gasteiger partial charge in [-0.15, -0.1) is 0 Å². The molecular formula is C19H22FN3O2. The molecule has 0 atom stereocenters. The lowest BCUT2D eigenvalue weighted by Crippen LogP contribution is -2.31. The number of fused-ring (bicyclic) bond motifs is 1. The summed E-state index contributed by atoms with van der Waals surface area (Å²) < 4.78 is 14.5. The van der Waals surface area contributed by atoms with Crippen molar-refractivity contribution in [3.63, 3.8) is 0 Å². The van der Waals surface area contributed by atoms with Crippen molar-refractivity contribution in [1.82, 2.24) is 0 Å². The summed E-state index contributed by atoms with van der Waals surface area (Å²) in [4.78, 5) is 14.8. The van der Waals surface area contributed by atoms with Crippen LogP contribution in [0, 0.1) is 15.9 Å². The van der Waals surface area contributed by atoms with Gasteiger partial charge in [0.25, 0.3) is 5.69 Å². The third kappa shape index (κ3) is 3.29. The van der Waals surface area contributed by atoms with Gasteiger partial charge in [0.1, 0.15) is 5.69 Å². The Morgan fingerprint density at radius 3 is 2.52 bits per heavy atom. The molecule has 0 fully saturated rings. The zero-order valence-corrected chi connectivity index (χ0v) is 14.5. The molecule has 0 saturated heterocycles. The van der Waals surface area contributed by atoms with Crippen LogP contribution in [-0.2, 0) is 13.0 Å². The number of halogens is 1. The fraction of sp³-hybridized carbons (Fsp3) is 0.368. The highest BCUT2D eigenvalue weighted by Gasteiger charge is 2.26. The van der Waals surface area contributed by atoms with Gasteiger partial charge in [-0.25, -0.2) is 4.39 Å². The maximum Gasteiger partial charge on any atom is 0.295 e. The van der Waals surface area contributed by atoms with Crippen LogP contribution in [0.25, 0.3) is 0 Å². The van der Waals surface area contributed by atoms with E-state index in [1.807, 2.05) is 41.8 Å². The second-order valence-electron chi connectivity index (χ2n) is 6.16. The van der Waals surface area contributed by atoms with E-state index in [1.54, 1.807) is 6.07 Å². The van der Waals surface area contributed by atoms with Crippen LogP contribution in [-0.4, -0.2) is 24.6 Å². The first-order chi connectivity index (χ1) is 12.0. The smallest absolute Gasteiger partial charge is 0.295 e. The molecule has 0 spiro atoms. The molecule has 6 heteroatoms. The summed E-state index contributed by atoms with van der Waals surface area (Å²) in [6, 6.07) is 10.8. The lowest BCUT2D eigenvalue weighted by molar-refractivity contribution is -0.384. The van der Waals surface area contributed by atoms with Crippen molar-refractivity contribution in [3.8, 4) is 0 Å². The summed E-state index contributed by atoms with van der Waals surface area (Å²) in [6.07, 6.45) is 0.825. The van der Waals surface area contributed by atoms with Gasteiger partial charge >= 0.3 is 0 Å². The van der Waals surface area contributed by atoms with E-state index in [0.29, 0.717) is 37.6 Å². The maximum absolute atomic E-state index is 14.5. The number of nitro groups is 1. The van der Waals surface area contributed by atoms with Crippen molar-refractivity contribution in [1.29, 1.82) is 0 Å². The van der Waals surface area contributed by atoms with Gasteiger partial charge in [0.15, 0.2) is 5.82 Å². The van der Waals surface area contributed by atoms with E-state index in [4.69, 9.17) is 0 Å². The molecule has 132 valence electrons. The Morgan fingerprint density at radius 2 is 1.88 bits per heavy atom. The molecule has 1 aliphatic heterocycles. The number of benzene rings is 2. The number of rotatable bonds is 5. The molecule has 0 radical (unpaired) electrons. The number of hydrogen-bond acceptors (Lipinski definition) is 4. The molecule has 5 nitrogen and oxygen atoms in total. The molecule has 2 aromatic rings. The largest absolute Gasteiger partial charge is 0.370 e. The monoisotopic (exact) mass is 343 g/mol. The molecule has 25 heavy (non-hydrogen) atoms. The fourth-order valence-electron chi connectivity index (χ4n) is 3.45. The molecule has 0 amide bonds. The highest BCUT2D eigenvalue weighted by atomic mass is 19.1. The van der Waals surface area contributed by atoms with E-state index in [1.165, 1.54) is 5.56 Å². The number of anilines is 2. The van der Waals surface area contributed by atoms with Crippen molar-refractivity contribution >= 4 is 17.1 Å². The van der Waals surface area contributed by atoms with Crippen LogP contribution in [0.15, 0.2) is 36.4 Å². The van der Waals surface area contributed by atoms with Gasteiger partial charge in [-0.1, -0.05) is 24.3 Å². The highest BCUT2D eigenvalue weighted by Crippen LogP contribution is 2.37. The summed E-state index contributed by atoms with van der Waals surface area (Å²) in [5.74, 6) is -0.545. The summed E-state index contributed by atoms with van der Waals surface area (Å²) in [6.45, 7) is 6.46. The minimum atomic E-state index is -0.545. The van der Waals surface area contributed by atoms with E-state index < -0.39 is 10.7 Å². The van der Waals surface area contributed by atoms with E-state index >= 15 is 0 Å². The second-order valence-corrected chi connectivity index (χ2v) is 6.16. The van der Waals surface area contributed by atoms with Gasteiger partial charge in [-0.2, -0.15) is 0 Å². The predicted octanol–water partition coefficient (Wildman–Crippen LogP) is 4.14. The van der Waals surface area contributed by atoms with Gasteiger partial charge in [-0.05, 0) is 37.5 Å². The first-order valence-electron chi connectivity index (χ1n) is 8.59. The molecule has 0 unspecified atom stereocenters. The van der Waals surface area contributed by atoms with Gasteiger partial charge in [-0.3, -0.25) is 10.1 Å². The van der Waals surface area contributed by atoms with Crippen LogP contribution in [0.2, 0.25) is 0 Å². The molecule has 0 bridgehead atoms. The van der Waals surface area contributed by atoms with Crippen LogP contribution >= 0.6 is 0 Å². The quantitative estimate of drug-likeness (QED) is 0.605. The molecule has 0 aromatic heterocycles. The molecule has 0 saturated carbocycles. The molecule has 1 heterocycles. The third-order valence-electron chi connectivity index (χ3n) is 4.82. The minimum absolute atomic E-state index is 0.173. The first-order valence-corrected chi connectivity index (χ1v) is 8.59. The molecule has 0 N–H and O–H groups in total. The topological polar surface area (TPSA) is 49.6 Å². The Kier molecular flexibility index (Phi) is 4.88. The number of hydrogen-bond donors (Lipinski definition) is 0.